The summed E-state index contributed by atoms with van der Waals surface area (Å²) in [5.74, 6) is 0.534. The summed E-state index contributed by atoms with van der Waals surface area (Å²) in [4.78, 5) is 11.9. The maximum absolute atomic E-state index is 11.9. The lowest BCUT2D eigenvalue weighted by molar-refractivity contribution is -0.117. The first kappa shape index (κ1) is 14.2. The predicted molar refractivity (Wildman–Crippen MR) is 76.9 cm³/mol. The van der Waals surface area contributed by atoms with E-state index in [0.29, 0.717) is 10.8 Å². The monoisotopic (exact) mass is 282 g/mol. The van der Waals surface area contributed by atoms with Crippen LogP contribution in [-0.4, -0.2) is 18.1 Å². The van der Waals surface area contributed by atoms with Crippen molar-refractivity contribution in [1.29, 1.82) is 0 Å². The largest absolute Gasteiger partial charge is 0.487 e. The number of nitrogens with one attached hydrogen (secondary N) is 2. The van der Waals surface area contributed by atoms with Crippen molar-refractivity contribution in [2.75, 3.05) is 11.9 Å². The lowest BCUT2D eigenvalue weighted by atomic mass is 10.1. The number of halogens is 1. The van der Waals surface area contributed by atoms with Gasteiger partial charge in [-0.25, -0.2) is 0 Å². The summed E-state index contributed by atoms with van der Waals surface area (Å²) in [6.45, 7) is 8.54. The Bertz CT molecular complexity index is 509. The summed E-state index contributed by atoms with van der Waals surface area (Å²) in [6, 6.07) is 3.25. The van der Waals surface area contributed by atoms with Crippen LogP contribution in [0.2, 0.25) is 5.02 Å². The smallest absolute Gasteiger partial charge is 0.246 e. The van der Waals surface area contributed by atoms with Crippen LogP contribution in [0.3, 0.4) is 0 Å². The van der Waals surface area contributed by atoms with Gasteiger partial charge in [0.05, 0.1) is 5.02 Å². The van der Waals surface area contributed by atoms with Gasteiger partial charge in [0.25, 0.3) is 0 Å². The first-order chi connectivity index (χ1) is 8.81. The van der Waals surface area contributed by atoms with E-state index in [0.717, 1.165) is 17.8 Å². The summed E-state index contributed by atoms with van der Waals surface area (Å²) in [5.41, 5.74) is 1.30. The van der Waals surface area contributed by atoms with Crippen LogP contribution in [0.5, 0.6) is 5.75 Å². The first-order valence-corrected chi connectivity index (χ1v) is 6.76. The Balaban J connectivity index is 2.36. The molecule has 1 unspecified atom stereocenters. The molecular weight excluding hydrogens is 264 g/mol. The van der Waals surface area contributed by atoms with Gasteiger partial charge < -0.3 is 15.4 Å². The molecule has 19 heavy (non-hydrogen) atoms. The Morgan fingerprint density at radius 1 is 1.42 bits per heavy atom. The van der Waals surface area contributed by atoms with Crippen LogP contribution in [0.15, 0.2) is 12.1 Å². The van der Waals surface area contributed by atoms with E-state index in [2.05, 4.69) is 10.6 Å². The van der Waals surface area contributed by atoms with Crippen molar-refractivity contribution in [1.82, 2.24) is 5.32 Å². The number of benzene rings is 1. The molecule has 0 spiro atoms. The van der Waals surface area contributed by atoms with Crippen LogP contribution in [0.25, 0.3) is 0 Å². The molecule has 1 heterocycles. The van der Waals surface area contributed by atoms with Gasteiger partial charge in [-0.3, -0.25) is 4.79 Å². The van der Waals surface area contributed by atoms with Gasteiger partial charge in [0.1, 0.15) is 17.4 Å². The molecule has 0 bridgehead atoms. The lowest BCUT2D eigenvalue weighted by Crippen LogP contribution is -2.27. The van der Waals surface area contributed by atoms with Crippen molar-refractivity contribution in [3.05, 3.63) is 22.7 Å². The predicted octanol–water partition coefficient (Wildman–Crippen LogP) is 3.12. The zero-order chi connectivity index (χ0) is 14.2. The van der Waals surface area contributed by atoms with Crippen LogP contribution in [0.4, 0.5) is 5.69 Å². The van der Waals surface area contributed by atoms with Crippen molar-refractivity contribution >= 4 is 23.2 Å². The molecule has 2 N–H and O–H groups in total. The van der Waals surface area contributed by atoms with E-state index in [9.17, 15) is 4.79 Å². The third kappa shape index (κ3) is 3.01. The fraction of sp³-hybridized carbons (Fsp3) is 0.500. The van der Waals surface area contributed by atoms with E-state index < -0.39 is 0 Å². The van der Waals surface area contributed by atoms with Crippen molar-refractivity contribution in [3.8, 4) is 5.75 Å². The second kappa shape index (κ2) is 5.02. The van der Waals surface area contributed by atoms with E-state index in [1.807, 2.05) is 27.7 Å². The minimum atomic E-state index is -0.332. The van der Waals surface area contributed by atoms with Gasteiger partial charge in [0, 0.05) is 17.3 Å². The molecule has 0 saturated carbocycles. The van der Waals surface area contributed by atoms with Crippen molar-refractivity contribution in [2.45, 2.75) is 39.3 Å². The molecule has 0 aromatic heterocycles. The molecule has 1 aromatic carbocycles. The highest BCUT2D eigenvalue weighted by Crippen LogP contribution is 2.39. The molecule has 1 aromatic rings. The Morgan fingerprint density at radius 2 is 2.11 bits per heavy atom. The number of hydrogen-bond acceptors (Lipinski definition) is 3. The number of anilines is 1. The summed E-state index contributed by atoms with van der Waals surface area (Å²) >= 11 is 6.24. The van der Waals surface area contributed by atoms with Crippen molar-refractivity contribution < 1.29 is 9.53 Å². The van der Waals surface area contributed by atoms with Gasteiger partial charge in [-0.2, -0.15) is 0 Å². The van der Waals surface area contributed by atoms with Crippen LogP contribution < -0.4 is 15.4 Å². The first-order valence-electron chi connectivity index (χ1n) is 6.38. The van der Waals surface area contributed by atoms with E-state index in [-0.39, 0.29) is 17.6 Å². The molecule has 1 amide bonds. The van der Waals surface area contributed by atoms with Crippen molar-refractivity contribution in [3.63, 3.8) is 0 Å². The molecule has 1 aliphatic heterocycles. The Kier molecular flexibility index (Phi) is 3.74. The Morgan fingerprint density at radius 3 is 2.68 bits per heavy atom. The van der Waals surface area contributed by atoms with Gasteiger partial charge in [-0.05, 0) is 33.4 Å². The number of fused-ring (bicyclic) bond motifs is 1. The second-order valence-electron chi connectivity index (χ2n) is 5.56. The molecule has 104 valence electrons. The zero-order valence-electron chi connectivity index (χ0n) is 11.6. The number of carbonyl (C=O) groups excluding carboxylic acids is 1. The SMILES string of the molecule is CCNC1C(=O)Nc2cc(OC(C)(C)C)c(Cl)cc21. The number of likely N-dealkylation sites (N-methyl/N-ethyl adjacent to an activating group) is 1. The molecule has 2 rings (SSSR count). The fourth-order valence-corrected chi connectivity index (χ4v) is 2.29. The molecule has 0 fully saturated rings. The molecule has 1 atom stereocenters. The van der Waals surface area contributed by atoms with Gasteiger partial charge in [0.2, 0.25) is 5.91 Å². The quantitative estimate of drug-likeness (QED) is 0.895. The fourth-order valence-electron chi connectivity index (χ4n) is 2.08. The maximum atomic E-state index is 11.9. The molecule has 0 saturated heterocycles. The Labute approximate surface area is 118 Å². The second-order valence-corrected chi connectivity index (χ2v) is 5.97. The molecule has 0 aliphatic carbocycles. The standard InChI is InChI=1S/C14H19ClN2O2/c1-5-16-12-8-6-9(15)11(19-14(2,3)4)7-10(8)17-13(12)18/h6-7,12,16H,5H2,1-4H3,(H,17,18). The van der Waals surface area contributed by atoms with E-state index >= 15 is 0 Å². The highest BCUT2D eigenvalue weighted by Gasteiger charge is 2.31. The van der Waals surface area contributed by atoms with E-state index in [1.165, 1.54) is 0 Å². The molecule has 4 nitrogen and oxygen atoms in total. The lowest BCUT2D eigenvalue weighted by Gasteiger charge is -2.22. The highest BCUT2D eigenvalue weighted by atomic mass is 35.5. The minimum Gasteiger partial charge on any atom is -0.487 e. The number of hydrogen-bond donors (Lipinski definition) is 2. The van der Waals surface area contributed by atoms with Crippen LogP contribution in [0.1, 0.15) is 39.3 Å². The third-order valence-corrected chi connectivity index (χ3v) is 3.05. The Hall–Kier alpha value is -1.26. The molecular formula is C14H19ClN2O2. The molecule has 1 aliphatic rings. The summed E-state index contributed by atoms with van der Waals surface area (Å²) < 4.78 is 5.78. The van der Waals surface area contributed by atoms with E-state index in [1.54, 1.807) is 12.1 Å². The number of rotatable bonds is 3. The van der Waals surface area contributed by atoms with Crippen molar-refractivity contribution in [2.24, 2.45) is 0 Å². The maximum Gasteiger partial charge on any atom is 0.246 e. The average Bonchev–Trinajstić information content (AvgIpc) is 2.55. The van der Waals surface area contributed by atoms with Gasteiger partial charge in [-0.1, -0.05) is 18.5 Å². The molecule has 0 radical (unpaired) electrons. The van der Waals surface area contributed by atoms with E-state index in [4.69, 9.17) is 16.3 Å². The van der Waals surface area contributed by atoms with Gasteiger partial charge >= 0.3 is 0 Å². The normalized spacial score (nSPS) is 18.2. The number of carbonyl (C=O) groups is 1. The van der Waals surface area contributed by atoms with Crippen LogP contribution in [-0.2, 0) is 4.79 Å². The highest BCUT2D eigenvalue weighted by molar-refractivity contribution is 6.32. The summed E-state index contributed by atoms with van der Waals surface area (Å²) in [5, 5.41) is 6.50. The topological polar surface area (TPSA) is 50.4 Å². The third-order valence-electron chi connectivity index (χ3n) is 2.76. The number of ether oxygens (including phenoxy) is 1. The van der Waals surface area contributed by atoms with Gasteiger partial charge in [0.15, 0.2) is 0 Å². The summed E-state index contributed by atoms with van der Waals surface area (Å²) in [6.07, 6.45) is 0. The number of amides is 1. The summed E-state index contributed by atoms with van der Waals surface area (Å²) in [7, 11) is 0. The van der Waals surface area contributed by atoms with Gasteiger partial charge in [-0.15, -0.1) is 0 Å². The minimum absolute atomic E-state index is 0.0548. The average molecular weight is 283 g/mol. The van der Waals surface area contributed by atoms with Crippen LogP contribution >= 0.6 is 11.6 Å². The zero-order valence-corrected chi connectivity index (χ0v) is 12.4. The van der Waals surface area contributed by atoms with Crippen LogP contribution in [0, 0.1) is 0 Å². The molecule has 5 heteroatoms.